The van der Waals surface area contributed by atoms with Crippen LogP contribution in [0.2, 0.25) is 5.02 Å². The third-order valence-corrected chi connectivity index (χ3v) is 6.45. The third-order valence-electron chi connectivity index (χ3n) is 5.29. The molecule has 0 radical (unpaired) electrons. The van der Waals surface area contributed by atoms with Gasteiger partial charge in [0.15, 0.2) is 16.4 Å². The van der Waals surface area contributed by atoms with Crippen LogP contribution in [-0.4, -0.2) is 40.4 Å². The molecule has 5 rings (SSSR count). The topological polar surface area (TPSA) is 164 Å². The maximum atomic E-state index is 14.2. The van der Waals surface area contributed by atoms with Gasteiger partial charge in [-0.3, -0.25) is 14.0 Å². The van der Waals surface area contributed by atoms with Gasteiger partial charge in [-0.15, -0.1) is 11.3 Å². The van der Waals surface area contributed by atoms with Crippen molar-refractivity contribution in [3.8, 4) is 11.1 Å². The molecule has 1 aromatic carbocycles. The van der Waals surface area contributed by atoms with Crippen molar-refractivity contribution in [2.24, 2.45) is 0 Å². The summed E-state index contributed by atoms with van der Waals surface area (Å²) in [6, 6.07) is 3.49. The van der Waals surface area contributed by atoms with E-state index in [4.69, 9.17) is 27.4 Å². The lowest BCUT2D eigenvalue weighted by Gasteiger charge is -2.18. The van der Waals surface area contributed by atoms with Crippen molar-refractivity contribution < 1.29 is 14.3 Å². The summed E-state index contributed by atoms with van der Waals surface area (Å²) in [6.45, 7) is 5.24. The van der Waals surface area contributed by atoms with Gasteiger partial charge in [-0.05, 0) is 37.6 Å². The molecule has 4 aromatic heterocycles. The molecule has 11 nitrogen and oxygen atoms in total. The maximum Gasteiger partial charge on any atom is 0.303 e. The minimum absolute atomic E-state index is 0.0498. The Morgan fingerprint density at radius 3 is 2.73 bits per heavy atom. The van der Waals surface area contributed by atoms with E-state index in [1.807, 2.05) is 19.2 Å². The smallest absolute Gasteiger partial charge is 0.303 e. The second kappa shape index (κ2) is 10.5. The van der Waals surface area contributed by atoms with Gasteiger partial charge in [0.05, 0.1) is 23.6 Å². The van der Waals surface area contributed by atoms with Gasteiger partial charge in [-0.25, -0.2) is 14.4 Å². The van der Waals surface area contributed by atoms with Crippen LogP contribution in [0.15, 0.2) is 34.7 Å². The lowest BCUT2D eigenvalue weighted by atomic mass is 10.0. The van der Waals surface area contributed by atoms with Crippen molar-refractivity contribution in [3.05, 3.63) is 62.5 Å². The number of aromatic amines is 1. The first-order valence-electron chi connectivity index (χ1n) is 11.0. The number of carbonyl (C=O) groups is 1. The molecule has 0 aliphatic carbocycles. The molecule has 0 saturated carbocycles. The van der Waals surface area contributed by atoms with Crippen molar-refractivity contribution in [2.45, 2.75) is 33.2 Å². The summed E-state index contributed by atoms with van der Waals surface area (Å²) >= 11 is 7.43. The van der Waals surface area contributed by atoms with Crippen molar-refractivity contribution in [1.82, 2.24) is 29.3 Å². The van der Waals surface area contributed by atoms with E-state index < -0.39 is 17.8 Å². The van der Waals surface area contributed by atoms with Crippen LogP contribution in [0.4, 0.5) is 16.2 Å². The molecule has 0 aliphatic rings. The number of rotatable bonds is 5. The molecule has 0 spiro atoms. The van der Waals surface area contributed by atoms with Gasteiger partial charge in [0.1, 0.15) is 11.3 Å². The number of carboxylic acid groups (broad SMARTS) is 1. The van der Waals surface area contributed by atoms with E-state index in [0.717, 1.165) is 5.69 Å². The summed E-state index contributed by atoms with van der Waals surface area (Å²) in [5.74, 6) is -0.836. The number of imidazole rings is 1. The fourth-order valence-electron chi connectivity index (χ4n) is 3.61. The molecule has 0 saturated heterocycles. The molecule has 14 heteroatoms. The Labute approximate surface area is 218 Å². The molecule has 0 bridgehead atoms. The first-order chi connectivity index (χ1) is 17.6. The van der Waals surface area contributed by atoms with Gasteiger partial charge in [0.2, 0.25) is 5.95 Å². The van der Waals surface area contributed by atoms with Crippen LogP contribution in [0.25, 0.3) is 27.3 Å². The normalized spacial score (nSPS) is 11.8. The zero-order chi connectivity index (χ0) is 26.9. The van der Waals surface area contributed by atoms with Crippen molar-refractivity contribution in [2.75, 3.05) is 11.1 Å². The quantitative estimate of drug-likeness (QED) is 0.250. The van der Waals surface area contributed by atoms with E-state index >= 15 is 0 Å². The highest BCUT2D eigenvalue weighted by molar-refractivity contribution is 7.15. The Kier molecular flexibility index (Phi) is 7.36. The predicted molar refractivity (Wildman–Crippen MR) is 141 cm³/mol. The van der Waals surface area contributed by atoms with Crippen LogP contribution >= 0.6 is 22.9 Å². The van der Waals surface area contributed by atoms with Gasteiger partial charge in [-0.1, -0.05) is 18.5 Å². The van der Waals surface area contributed by atoms with E-state index in [9.17, 15) is 14.0 Å². The van der Waals surface area contributed by atoms with Gasteiger partial charge in [0, 0.05) is 22.5 Å². The molecule has 5 N–H and O–H groups in total. The summed E-state index contributed by atoms with van der Waals surface area (Å²) in [7, 11) is 0. The fourth-order valence-corrected chi connectivity index (χ4v) is 4.70. The van der Waals surface area contributed by atoms with Crippen molar-refractivity contribution >= 4 is 56.8 Å². The molecular weight excluding hydrogens is 523 g/mol. The highest BCUT2D eigenvalue weighted by atomic mass is 35.5. The summed E-state index contributed by atoms with van der Waals surface area (Å²) in [6.07, 6.45) is 1.71. The summed E-state index contributed by atoms with van der Waals surface area (Å²) in [5.41, 5.74) is 8.21. The number of nitrogens with zero attached hydrogens (tertiary/aromatic N) is 5. The standard InChI is InChI=1S/C20H16ClFN8OS.C3H6O2/c1-8-6-32-20-27-14(9(2)26-17-15-16(25-7-24-15)28-19(23)29-17)13(18(31)30(8)20)10-3-11(21)5-12(22)4-10;1-2-3(4)5/h3-7,9H,1-2H3,(H4,23,24,25,26,28,29);2H2,1H3,(H,4,5). The number of carboxylic acids is 1. The lowest BCUT2D eigenvalue weighted by Crippen LogP contribution is -2.23. The first kappa shape index (κ1) is 26.0. The Bertz CT molecular complexity index is 1660. The Morgan fingerprint density at radius 1 is 1.32 bits per heavy atom. The molecule has 1 atom stereocenters. The molecule has 1 unspecified atom stereocenters. The number of nitrogen functional groups attached to an aromatic ring is 1. The number of thiazole rings is 1. The SMILES string of the molecule is CCC(=O)O.Cc1csc2nc(C(C)Nc3nc(N)nc4nc[nH]c34)c(-c3cc(F)cc(Cl)c3)c(=O)n12. The number of nitrogens with one attached hydrogen (secondary N) is 2. The van der Waals surface area contributed by atoms with E-state index in [1.165, 1.54) is 34.2 Å². The Hall–Kier alpha value is -4.10. The monoisotopic (exact) mass is 544 g/mol. The predicted octanol–water partition coefficient (Wildman–Crippen LogP) is 4.43. The van der Waals surface area contributed by atoms with Crippen molar-refractivity contribution in [1.29, 1.82) is 0 Å². The van der Waals surface area contributed by atoms with E-state index in [-0.39, 0.29) is 28.5 Å². The third kappa shape index (κ3) is 5.37. The van der Waals surface area contributed by atoms with Crippen LogP contribution in [0.1, 0.15) is 37.7 Å². The second-order valence-electron chi connectivity index (χ2n) is 7.98. The number of benzene rings is 1. The molecule has 0 amide bonds. The second-order valence-corrected chi connectivity index (χ2v) is 9.25. The molecule has 0 fully saturated rings. The molecular formula is C23H22ClFN8O3S. The number of anilines is 2. The van der Waals surface area contributed by atoms with Crippen LogP contribution in [0.5, 0.6) is 0 Å². The zero-order valence-corrected chi connectivity index (χ0v) is 21.5. The van der Waals surface area contributed by atoms with E-state index in [2.05, 4.69) is 25.3 Å². The van der Waals surface area contributed by atoms with Gasteiger partial charge >= 0.3 is 5.97 Å². The van der Waals surface area contributed by atoms with Gasteiger partial charge in [-0.2, -0.15) is 9.97 Å². The van der Waals surface area contributed by atoms with Gasteiger partial charge in [0.25, 0.3) is 5.56 Å². The van der Waals surface area contributed by atoms with Crippen LogP contribution < -0.4 is 16.6 Å². The van der Waals surface area contributed by atoms with Crippen LogP contribution in [0.3, 0.4) is 0 Å². The Morgan fingerprint density at radius 2 is 2.05 bits per heavy atom. The number of H-pyrrole nitrogens is 1. The van der Waals surface area contributed by atoms with E-state index in [0.29, 0.717) is 33.2 Å². The number of fused-ring (bicyclic) bond motifs is 2. The van der Waals surface area contributed by atoms with Crippen LogP contribution in [0, 0.1) is 12.7 Å². The van der Waals surface area contributed by atoms with Gasteiger partial charge < -0.3 is 21.1 Å². The zero-order valence-electron chi connectivity index (χ0n) is 19.9. The first-order valence-corrected chi connectivity index (χ1v) is 12.3. The van der Waals surface area contributed by atoms with Crippen LogP contribution in [-0.2, 0) is 4.79 Å². The minimum atomic E-state index is -0.745. The maximum absolute atomic E-state index is 14.2. The number of halogens is 2. The molecule has 0 aliphatic heterocycles. The number of aryl methyl sites for hydroxylation is 1. The molecule has 5 aromatic rings. The number of aliphatic carboxylic acids is 1. The summed E-state index contributed by atoms with van der Waals surface area (Å²) in [5, 5.41) is 13.0. The summed E-state index contributed by atoms with van der Waals surface area (Å²) < 4.78 is 15.7. The van der Waals surface area contributed by atoms with Crippen molar-refractivity contribution in [3.63, 3.8) is 0 Å². The number of aromatic nitrogens is 6. The highest BCUT2D eigenvalue weighted by Crippen LogP contribution is 2.31. The van der Waals surface area contributed by atoms with E-state index in [1.54, 1.807) is 13.0 Å². The largest absolute Gasteiger partial charge is 0.481 e. The minimum Gasteiger partial charge on any atom is -0.481 e. The number of hydrogen-bond acceptors (Lipinski definition) is 9. The highest BCUT2D eigenvalue weighted by Gasteiger charge is 2.23. The molecule has 4 heterocycles. The molecule has 37 heavy (non-hydrogen) atoms. The Balaban J connectivity index is 0.000000586. The average Bonchev–Trinajstić information content (AvgIpc) is 3.45. The molecule has 192 valence electrons. The lowest BCUT2D eigenvalue weighted by molar-refractivity contribution is -0.136. The number of nitrogens with two attached hydrogens (primary N) is 1. The fraction of sp³-hybridized carbons (Fsp3) is 0.217. The summed E-state index contributed by atoms with van der Waals surface area (Å²) in [4.78, 5) is 43.6. The number of hydrogen-bond donors (Lipinski definition) is 4. The average molecular weight is 545 g/mol.